The van der Waals surface area contributed by atoms with Crippen molar-refractivity contribution in [1.29, 1.82) is 0 Å². The molecule has 1 aromatic carbocycles. The molecule has 0 saturated carbocycles. The molecule has 9 heteroatoms. The summed E-state index contributed by atoms with van der Waals surface area (Å²) in [7, 11) is 0. The summed E-state index contributed by atoms with van der Waals surface area (Å²) in [6.45, 7) is 0.989. The van der Waals surface area contributed by atoms with Crippen LogP contribution in [0.25, 0.3) is 11.7 Å². The number of carbonyl (C=O) groups is 1. The number of carbonyl (C=O) groups excluding carboxylic acids is 1. The van der Waals surface area contributed by atoms with Crippen LogP contribution in [0, 0.1) is 0 Å². The molecule has 1 atom stereocenters. The minimum atomic E-state index is -0.538. The van der Waals surface area contributed by atoms with Crippen LogP contribution in [0.1, 0.15) is 29.1 Å². The van der Waals surface area contributed by atoms with Gasteiger partial charge in [-0.05, 0) is 53.0 Å². The van der Waals surface area contributed by atoms with Crippen molar-refractivity contribution in [2.24, 2.45) is 0 Å². The molecule has 0 spiro atoms. The Labute approximate surface area is 168 Å². The highest BCUT2D eigenvalue weighted by Gasteiger charge is 2.20. The van der Waals surface area contributed by atoms with Gasteiger partial charge in [-0.15, -0.1) is 10.2 Å². The SMILES string of the molecule is O=C(OCc1nnc(-c2ccc(Br)o2)o1)c1ccccc1OCC1CCCO1. The van der Waals surface area contributed by atoms with E-state index in [1.807, 2.05) is 0 Å². The van der Waals surface area contributed by atoms with Gasteiger partial charge in [-0.2, -0.15) is 0 Å². The smallest absolute Gasteiger partial charge is 0.342 e. The van der Waals surface area contributed by atoms with Crippen molar-refractivity contribution in [3.8, 4) is 17.4 Å². The van der Waals surface area contributed by atoms with Crippen LogP contribution >= 0.6 is 15.9 Å². The molecule has 1 saturated heterocycles. The van der Waals surface area contributed by atoms with Crippen molar-refractivity contribution in [2.45, 2.75) is 25.6 Å². The summed E-state index contributed by atoms with van der Waals surface area (Å²) < 4.78 is 28.0. The topological polar surface area (TPSA) is 96.8 Å². The molecule has 1 aliphatic rings. The molecule has 146 valence electrons. The second-order valence-corrected chi connectivity index (χ2v) is 6.90. The lowest BCUT2D eigenvalue weighted by Crippen LogP contribution is -2.17. The first-order valence-corrected chi connectivity index (χ1v) is 9.57. The molecule has 2 aromatic heterocycles. The minimum absolute atomic E-state index is 0.0579. The minimum Gasteiger partial charge on any atom is -0.490 e. The largest absolute Gasteiger partial charge is 0.490 e. The zero-order valence-electron chi connectivity index (χ0n) is 14.8. The molecule has 0 radical (unpaired) electrons. The van der Waals surface area contributed by atoms with Crippen LogP contribution in [0.5, 0.6) is 5.75 Å². The van der Waals surface area contributed by atoms with Crippen LogP contribution in [0.4, 0.5) is 0 Å². The number of ether oxygens (including phenoxy) is 3. The van der Waals surface area contributed by atoms with Crippen molar-refractivity contribution < 1.29 is 27.8 Å². The Balaban J connectivity index is 1.37. The van der Waals surface area contributed by atoms with Crippen molar-refractivity contribution in [2.75, 3.05) is 13.2 Å². The van der Waals surface area contributed by atoms with Gasteiger partial charge < -0.3 is 23.0 Å². The average Bonchev–Trinajstić information content (AvgIpc) is 3.46. The first-order valence-electron chi connectivity index (χ1n) is 8.77. The monoisotopic (exact) mass is 448 g/mol. The lowest BCUT2D eigenvalue weighted by molar-refractivity contribution is 0.0422. The Hall–Kier alpha value is -2.65. The van der Waals surface area contributed by atoms with E-state index in [1.54, 1.807) is 36.4 Å². The van der Waals surface area contributed by atoms with E-state index in [-0.39, 0.29) is 24.5 Å². The van der Waals surface area contributed by atoms with E-state index in [0.717, 1.165) is 19.4 Å². The Morgan fingerprint density at radius 2 is 2.07 bits per heavy atom. The van der Waals surface area contributed by atoms with Gasteiger partial charge in [0.25, 0.3) is 11.8 Å². The second kappa shape index (κ2) is 8.57. The van der Waals surface area contributed by atoms with Gasteiger partial charge in [-0.25, -0.2) is 4.79 Å². The molecular formula is C19H17BrN2O6. The lowest BCUT2D eigenvalue weighted by atomic mass is 10.2. The van der Waals surface area contributed by atoms with Crippen LogP contribution in [-0.4, -0.2) is 35.5 Å². The zero-order chi connectivity index (χ0) is 19.3. The molecule has 3 aromatic rings. The van der Waals surface area contributed by atoms with Gasteiger partial charge >= 0.3 is 5.97 Å². The number of furan rings is 1. The maximum Gasteiger partial charge on any atom is 0.342 e. The lowest BCUT2D eigenvalue weighted by Gasteiger charge is -2.13. The number of hydrogen-bond donors (Lipinski definition) is 0. The van der Waals surface area contributed by atoms with E-state index in [9.17, 15) is 4.79 Å². The fourth-order valence-electron chi connectivity index (χ4n) is 2.77. The third-order valence-electron chi connectivity index (χ3n) is 4.13. The molecule has 1 fully saturated rings. The van der Waals surface area contributed by atoms with Gasteiger partial charge in [0, 0.05) is 6.61 Å². The standard InChI is InChI=1S/C19H17BrN2O6/c20-16-8-7-15(27-16)18-22-21-17(28-18)11-26-19(23)13-5-1-2-6-14(13)25-10-12-4-3-9-24-12/h1-2,5-8,12H,3-4,9-11H2. The maximum atomic E-state index is 12.5. The number of aromatic nitrogens is 2. The zero-order valence-corrected chi connectivity index (χ0v) is 16.4. The van der Waals surface area contributed by atoms with Gasteiger partial charge in [0.1, 0.15) is 17.9 Å². The maximum absolute atomic E-state index is 12.5. The van der Waals surface area contributed by atoms with Crippen LogP contribution in [0.3, 0.4) is 0 Å². The number of para-hydroxylation sites is 1. The summed E-state index contributed by atoms with van der Waals surface area (Å²) in [5, 5.41) is 7.74. The predicted molar refractivity (Wildman–Crippen MR) is 99.7 cm³/mol. The van der Waals surface area contributed by atoms with E-state index >= 15 is 0 Å². The number of hydrogen-bond acceptors (Lipinski definition) is 8. The number of benzene rings is 1. The molecule has 28 heavy (non-hydrogen) atoms. The summed E-state index contributed by atoms with van der Waals surface area (Å²) in [6.07, 6.45) is 2.04. The third kappa shape index (κ3) is 4.42. The van der Waals surface area contributed by atoms with Crippen molar-refractivity contribution in [1.82, 2.24) is 10.2 Å². The molecule has 4 rings (SSSR count). The van der Waals surface area contributed by atoms with E-state index in [2.05, 4.69) is 26.1 Å². The van der Waals surface area contributed by atoms with Gasteiger partial charge in [0.2, 0.25) is 0 Å². The molecule has 0 aliphatic carbocycles. The van der Waals surface area contributed by atoms with Crippen molar-refractivity contribution in [3.63, 3.8) is 0 Å². The highest BCUT2D eigenvalue weighted by molar-refractivity contribution is 9.10. The van der Waals surface area contributed by atoms with Gasteiger partial charge in [0.05, 0.1) is 6.10 Å². The Morgan fingerprint density at radius 3 is 2.86 bits per heavy atom. The van der Waals surface area contributed by atoms with Crippen molar-refractivity contribution in [3.05, 3.63) is 52.5 Å². The average molecular weight is 449 g/mol. The number of nitrogens with zero attached hydrogens (tertiary/aromatic N) is 2. The second-order valence-electron chi connectivity index (χ2n) is 6.12. The van der Waals surface area contributed by atoms with Gasteiger partial charge in [0.15, 0.2) is 17.0 Å². The van der Waals surface area contributed by atoms with Crippen LogP contribution in [0.2, 0.25) is 0 Å². The highest BCUT2D eigenvalue weighted by atomic mass is 79.9. The van der Waals surface area contributed by atoms with Crippen LogP contribution in [0.15, 0.2) is 49.9 Å². The summed E-state index contributed by atoms with van der Waals surface area (Å²) >= 11 is 3.21. The Bertz CT molecular complexity index is 947. The molecule has 0 N–H and O–H groups in total. The quantitative estimate of drug-likeness (QED) is 0.500. The fraction of sp³-hybridized carbons (Fsp3) is 0.316. The molecular weight excluding hydrogens is 432 g/mol. The van der Waals surface area contributed by atoms with E-state index < -0.39 is 5.97 Å². The molecule has 0 bridgehead atoms. The summed E-state index contributed by atoms with van der Waals surface area (Å²) in [4.78, 5) is 12.5. The normalized spacial score (nSPS) is 16.2. The third-order valence-corrected chi connectivity index (χ3v) is 4.56. The van der Waals surface area contributed by atoms with Crippen molar-refractivity contribution >= 4 is 21.9 Å². The van der Waals surface area contributed by atoms with E-state index in [1.165, 1.54) is 0 Å². The summed E-state index contributed by atoms with van der Waals surface area (Å²) in [5.74, 6) is 0.702. The molecule has 1 aliphatic heterocycles. The molecule has 1 unspecified atom stereocenters. The highest BCUT2D eigenvalue weighted by Crippen LogP contribution is 2.25. The van der Waals surface area contributed by atoms with E-state index in [0.29, 0.717) is 28.3 Å². The number of esters is 1. The van der Waals surface area contributed by atoms with Crippen LogP contribution < -0.4 is 4.74 Å². The Morgan fingerprint density at radius 1 is 1.18 bits per heavy atom. The van der Waals surface area contributed by atoms with Gasteiger partial charge in [-0.1, -0.05) is 12.1 Å². The number of halogens is 1. The molecule has 3 heterocycles. The first-order chi connectivity index (χ1) is 13.7. The molecule has 8 nitrogen and oxygen atoms in total. The Kier molecular flexibility index (Phi) is 5.73. The predicted octanol–water partition coefficient (Wildman–Crippen LogP) is 4.01. The number of rotatable bonds is 7. The summed E-state index contributed by atoms with van der Waals surface area (Å²) in [6, 6.07) is 10.3. The van der Waals surface area contributed by atoms with Crippen LogP contribution in [-0.2, 0) is 16.1 Å². The van der Waals surface area contributed by atoms with E-state index in [4.69, 9.17) is 23.0 Å². The first kappa shape index (κ1) is 18.7. The molecule has 0 amide bonds. The summed E-state index contributed by atoms with van der Waals surface area (Å²) in [5.41, 5.74) is 0.329. The fourth-order valence-corrected chi connectivity index (χ4v) is 3.07. The van der Waals surface area contributed by atoms with Gasteiger partial charge in [-0.3, -0.25) is 0 Å².